The Hall–Kier alpha value is -0.810. The molecule has 5 nitrogen and oxygen atoms in total. The summed E-state index contributed by atoms with van der Waals surface area (Å²) >= 11 is 0. The van der Waals surface area contributed by atoms with Crippen LogP contribution in [0.25, 0.3) is 0 Å². The Morgan fingerprint density at radius 3 is 2.55 bits per heavy atom. The zero-order valence-electron chi connectivity index (χ0n) is 6.46. The number of amidine groups is 1. The fraction of sp³-hybridized carbons (Fsp3) is 0.833. The monoisotopic (exact) mass is 157 g/mol. The van der Waals surface area contributed by atoms with Crippen molar-refractivity contribution in [2.24, 2.45) is 28.4 Å². The van der Waals surface area contributed by atoms with E-state index in [0.29, 0.717) is 5.84 Å². The zero-order chi connectivity index (χ0) is 8.27. The molecular formula is C6H15N5. The maximum Gasteiger partial charge on any atom is 0.140 e. The smallest absolute Gasteiger partial charge is 0.140 e. The van der Waals surface area contributed by atoms with Crippen LogP contribution in [0.2, 0.25) is 0 Å². The quantitative estimate of drug-likeness (QED) is 0.167. The van der Waals surface area contributed by atoms with E-state index < -0.39 is 0 Å². The van der Waals surface area contributed by atoms with E-state index in [4.69, 9.17) is 17.4 Å². The lowest BCUT2D eigenvalue weighted by molar-refractivity contribution is 0.593. The molecule has 2 atom stereocenters. The van der Waals surface area contributed by atoms with Crippen molar-refractivity contribution in [3.8, 4) is 0 Å². The molecule has 0 heterocycles. The van der Waals surface area contributed by atoms with Gasteiger partial charge in [-0.2, -0.15) is 5.10 Å². The van der Waals surface area contributed by atoms with E-state index in [9.17, 15) is 0 Å². The minimum Gasteiger partial charge on any atom is -0.327 e. The molecule has 0 aromatic carbocycles. The Bertz CT molecular complexity index is 155. The van der Waals surface area contributed by atoms with Gasteiger partial charge in [0.15, 0.2) is 0 Å². The van der Waals surface area contributed by atoms with Crippen LogP contribution in [0, 0.1) is 5.92 Å². The second-order valence-corrected chi connectivity index (χ2v) is 2.86. The minimum absolute atomic E-state index is 0.161. The molecule has 1 rings (SSSR count). The Kier molecular flexibility index (Phi) is 2.67. The Morgan fingerprint density at radius 2 is 2.18 bits per heavy atom. The standard InChI is InChI=1S/C6H15N5/c7-5-3-1-2-4(5)6(10-8)11-9/h4-5H,1-3,7-9H2,(H,10,11). The predicted molar refractivity (Wildman–Crippen MR) is 44.3 cm³/mol. The number of rotatable bonds is 1. The van der Waals surface area contributed by atoms with Crippen molar-refractivity contribution in [2.75, 3.05) is 0 Å². The maximum absolute atomic E-state index is 5.80. The molecule has 1 aliphatic carbocycles. The van der Waals surface area contributed by atoms with Crippen molar-refractivity contribution in [1.82, 2.24) is 5.43 Å². The largest absolute Gasteiger partial charge is 0.327 e. The van der Waals surface area contributed by atoms with Crippen molar-refractivity contribution >= 4 is 5.84 Å². The van der Waals surface area contributed by atoms with Gasteiger partial charge >= 0.3 is 0 Å². The number of hydrogen-bond acceptors (Lipinski definition) is 4. The van der Waals surface area contributed by atoms with E-state index >= 15 is 0 Å². The van der Waals surface area contributed by atoms with Gasteiger partial charge in [0.25, 0.3) is 0 Å². The topological polar surface area (TPSA) is 102 Å². The summed E-state index contributed by atoms with van der Waals surface area (Å²) in [6.45, 7) is 0. The molecule has 64 valence electrons. The summed E-state index contributed by atoms with van der Waals surface area (Å²) in [5.41, 5.74) is 8.27. The molecule has 2 unspecified atom stereocenters. The zero-order valence-corrected chi connectivity index (χ0v) is 6.46. The van der Waals surface area contributed by atoms with Gasteiger partial charge in [-0.05, 0) is 12.8 Å². The van der Waals surface area contributed by atoms with Gasteiger partial charge < -0.3 is 17.0 Å². The van der Waals surface area contributed by atoms with Gasteiger partial charge in [-0.3, -0.25) is 0 Å². The van der Waals surface area contributed by atoms with Crippen LogP contribution < -0.4 is 22.8 Å². The van der Waals surface area contributed by atoms with E-state index in [-0.39, 0.29) is 12.0 Å². The highest BCUT2D eigenvalue weighted by molar-refractivity contribution is 5.84. The second-order valence-electron chi connectivity index (χ2n) is 2.86. The normalized spacial score (nSPS) is 32.4. The predicted octanol–water partition coefficient (Wildman–Crippen LogP) is -1.15. The maximum atomic E-state index is 5.80. The van der Waals surface area contributed by atoms with E-state index in [2.05, 4.69) is 10.5 Å². The fourth-order valence-corrected chi connectivity index (χ4v) is 1.57. The van der Waals surface area contributed by atoms with Crippen molar-refractivity contribution in [2.45, 2.75) is 25.3 Å². The van der Waals surface area contributed by atoms with Gasteiger partial charge in [-0.15, -0.1) is 0 Å². The summed E-state index contributed by atoms with van der Waals surface area (Å²) in [5.74, 6) is 11.2. The third kappa shape index (κ3) is 1.61. The summed E-state index contributed by atoms with van der Waals surface area (Å²) in [6.07, 6.45) is 3.19. The van der Waals surface area contributed by atoms with Gasteiger partial charge in [0.2, 0.25) is 0 Å². The molecule has 7 N–H and O–H groups in total. The van der Waals surface area contributed by atoms with E-state index in [1.165, 1.54) is 0 Å². The molecule has 0 bridgehead atoms. The summed E-state index contributed by atoms with van der Waals surface area (Å²) in [7, 11) is 0. The molecule has 11 heavy (non-hydrogen) atoms. The van der Waals surface area contributed by atoms with Crippen LogP contribution in [0.15, 0.2) is 5.10 Å². The van der Waals surface area contributed by atoms with Crippen molar-refractivity contribution < 1.29 is 0 Å². The molecule has 1 aliphatic rings. The first-order valence-corrected chi connectivity index (χ1v) is 3.79. The van der Waals surface area contributed by atoms with Crippen LogP contribution in [-0.4, -0.2) is 11.9 Å². The summed E-state index contributed by atoms with van der Waals surface area (Å²) in [4.78, 5) is 0. The first-order chi connectivity index (χ1) is 5.29. The molecule has 0 saturated heterocycles. The number of hydrazone groups is 1. The van der Waals surface area contributed by atoms with Crippen LogP contribution in [0.4, 0.5) is 0 Å². The lowest BCUT2D eigenvalue weighted by Crippen LogP contribution is -2.42. The SMILES string of the molecule is N/N=C(\NN)C1CCCC1N. The highest BCUT2D eigenvalue weighted by Gasteiger charge is 2.28. The molecular weight excluding hydrogens is 142 g/mol. The van der Waals surface area contributed by atoms with E-state index in [0.717, 1.165) is 19.3 Å². The molecule has 5 heteroatoms. The van der Waals surface area contributed by atoms with Gasteiger partial charge in [-0.1, -0.05) is 6.42 Å². The highest BCUT2D eigenvalue weighted by atomic mass is 15.3. The Morgan fingerprint density at radius 1 is 1.45 bits per heavy atom. The number of nitrogens with two attached hydrogens (primary N) is 3. The lowest BCUT2D eigenvalue weighted by Gasteiger charge is -2.15. The summed E-state index contributed by atoms with van der Waals surface area (Å²) in [6, 6.07) is 0.161. The van der Waals surface area contributed by atoms with Crippen molar-refractivity contribution in [3.63, 3.8) is 0 Å². The average Bonchev–Trinajstić information content (AvgIpc) is 2.40. The number of hydrazine groups is 1. The van der Waals surface area contributed by atoms with Crippen LogP contribution in [-0.2, 0) is 0 Å². The summed E-state index contributed by atoms with van der Waals surface area (Å²) in [5, 5.41) is 3.54. The number of nitrogens with zero attached hydrogens (tertiary/aromatic N) is 1. The summed E-state index contributed by atoms with van der Waals surface area (Å²) < 4.78 is 0. The van der Waals surface area contributed by atoms with E-state index in [1.807, 2.05) is 0 Å². The first kappa shape index (κ1) is 8.29. The molecule has 0 aromatic rings. The van der Waals surface area contributed by atoms with Crippen molar-refractivity contribution in [3.05, 3.63) is 0 Å². The average molecular weight is 157 g/mol. The number of hydrogen-bond donors (Lipinski definition) is 4. The molecule has 0 aliphatic heterocycles. The second kappa shape index (κ2) is 3.54. The van der Waals surface area contributed by atoms with Gasteiger partial charge in [0.1, 0.15) is 5.84 Å². The molecule has 0 spiro atoms. The third-order valence-electron chi connectivity index (χ3n) is 2.21. The van der Waals surface area contributed by atoms with Gasteiger partial charge in [-0.25, -0.2) is 5.84 Å². The Labute approximate surface area is 66.0 Å². The lowest BCUT2D eigenvalue weighted by atomic mass is 10.0. The first-order valence-electron chi connectivity index (χ1n) is 3.79. The van der Waals surface area contributed by atoms with Crippen LogP contribution in [0.1, 0.15) is 19.3 Å². The fourth-order valence-electron chi connectivity index (χ4n) is 1.57. The molecule has 1 fully saturated rings. The van der Waals surface area contributed by atoms with E-state index in [1.54, 1.807) is 0 Å². The Balaban J connectivity index is 2.57. The van der Waals surface area contributed by atoms with Gasteiger partial charge in [0.05, 0.1) is 0 Å². The molecule has 1 saturated carbocycles. The molecule has 0 aromatic heterocycles. The van der Waals surface area contributed by atoms with Gasteiger partial charge in [0, 0.05) is 12.0 Å². The van der Waals surface area contributed by atoms with Crippen LogP contribution in [0.3, 0.4) is 0 Å². The number of nitrogens with one attached hydrogen (secondary N) is 1. The third-order valence-corrected chi connectivity index (χ3v) is 2.21. The van der Waals surface area contributed by atoms with Crippen LogP contribution >= 0.6 is 0 Å². The highest BCUT2D eigenvalue weighted by Crippen LogP contribution is 2.23. The minimum atomic E-state index is 0.161. The molecule has 0 radical (unpaired) electrons. The van der Waals surface area contributed by atoms with Crippen LogP contribution in [0.5, 0.6) is 0 Å². The molecule has 0 amide bonds. The van der Waals surface area contributed by atoms with Crippen molar-refractivity contribution in [1.29, 1.82) is 0 Å².